The van der Waals surface area contributed by atoms with Crippen molar-refractivity contribution in [3.63, 3.8) is 0 Å². The first-order valence-electron chi connectivity index (χ1n) is 8.59. The van der Waals surface area contributed by atoms with Gasteiger partial charge in [-0.3, -0.25) is 4.79 Å². The Kier molecular flexibility index (Phi) is 5.34. The Labute approximate surface area is 151 Å². The molecule has 2 N–H and O–H groups in total. The topological polar surface area (TPSA) is 65.2 Å². The summed E-state index contributed by atoms with van der Waals surface area (Å²) in [6, 6.07) is 11.2. The van der Waals surface area contributed by atoms with Gasteiger partial charge in [0.15, 0.2) is 0 Å². The lowest BCUT2D eigenvalue weighted by atomic mass is 10.1. The average molecular weight is 354 g/mol. The van der Waals surface area contributed by atoms with Gasteiger partial charge in [-0.05, 0) is 56.2 Å². The number of carbonyl (C=O) groups is 1. The van der Waals surface area contributed by atoms with E-state index in [-0.39, 0.29) is 5.78 Å². The zero-order valence-electron chi connectivity index (χ0n) is 14.5. The van der Waals surface area contributed by atoms with Crippen molar-refractivity contribution in [3.8, 4) is 5.75 Å². The number of aromatic nitrogens is 1. The fourth-order valence-corrected chi connectivity index (χ4v) is 3.78. The fourth-order valence-electron chi connectivity index (χ4n) is 2.70. The highest BCUT2D eigenvalue weighted by atomic mass is 32.1. The van der Waals surface area contributed by atoms with Gasteiger partial charge in [-0.2, -0.15) is 0 Å². The van der Waals surface area contributed by atoms with E-state index in [1.165, 1.54) is 11.3 Å². The molecule has 0 atom stereocenters. The second-order valence-corrected chi connectivity index (χ2v) is 6.89. The summed E-state index contributed by atoms with van der Waals surface area (Å²) in [5.74, 6) is 0.684. The number of ether oxygens (including phenoxy) is 1. The van der Waals surface area contributed by atoms with Crippen molar-refractivity contribution in [2.75, 3.05) is 12.3 Å². The van der Waals surface area contributed by atoms with Crippen molar-refractivity contribution < 1.29 is 9.53 Å². The lowest BCUT2D eigenvalue weighted by molar-refractivity contribution is 0.104. The van der Waals surface area contributed by atoms with Crippen LogP contribution < -0.4 is 10.5 Å². The molecule has 1 aromatic carbocycles. The number of nitrogens with zero attached hydrogens (tertiary/aromatic N) is 1. The molecule has 5 heteroatoms. The number of nitrogen functional groups attached to an aromatic ring is 1. The second-order valence-electron chi connectivity index (χ2n) is 5.89. The summed E-state index contributed by atoms with van der Waals surface area (Å²) in [4.78, 5) is 18.9. The summed E-state index contributed by atoms with van der Waals surface area (Å²) in [7, 11) is 0. The van der Waals surface area contributed by atoms with Crippen LogP contribution in [0.1, 0.15) is 47.6 Å². The molecular formula is C20H22N2O2S. The molecule has 0 radical (unpaired) electrons. The molecule has 0 unspecified atom stereocenters. The number of aryl methyl sites for hydroxylation is 1. The summed E-state index contributed by atoms with van der Waals surface area (Å²) < 4.78 is 5.42. The van der Waals surface area contributed by atoms with Crippen molar-refractivity contribution in [1.29, 1.82) is 0 Å². The number of fused-ring (bicyclic) bond motifs is 1. The van der Waals surface area contributed by atoms with Gasteiger partial charge in [0.2, 0.25) is 5.78 Å². The maximum Gasteiger partial charge on any atom is 0.205 e. The van der Waals surface area contributed by atoms with Crippen LogP contribution in [0.25, 0.3) is 10.2 Å². The summed E-state index contributed by atoms with van der Waals surface area (Å²) >= 11 is 1.37. The molecular weight excluding hydrogens is 332 g/mol. The van der Waals surface area contributed by atoms with Crippen LogP contribution >= 0.6 is 11.3 Å². The number of benzene rings is 1. The summed E-state index contributed by atoms with van der Waals surface area (Å²) in [5.41, 5.74) is 8.41. The van der Waals surface area contributed by atoms with Gasteiger partial charge in [0, 0.05) is 16.6 Å². The number of nitrogens with two attached hydrogens (primary N) is 1. The standard InChI is InChI=1S/C20H22N2O2S/c1-3-5-6-14-9-12-16-17(21)19(25-20(16)22-14)18(23)13-7-10-15(11-8-13)24-4-2/h7-12H,3-6,21H2,1-2H3. The number of hydrogen-bond acceptors (Lipinski definition) is 5. The van der Waals surface area contributed by atoms with Crippen LogP contribution in [-0.2, 0) is 6.42 Å². The van der Waals surface area contributed by atoms with E-state index >= 15 is 0 Å². The second kappa shape index (κ2) is 7.66. The Balaban J connectivity index is 1.91. The number of hydrogen-bond donors (Lipinski definition) is 1. The zero-order chi connectivity index (χ0) is 17.8. The number of carbonyl (C=O) groups excluding carboxylic acids is 1. The number of anilines is 1. The summed E-state index contributed by atoms with van der Waals surface area (Å²) in [6.07, 6.45) is 3.19. The number of ketones is 1. The molecule has 2 heterocycles. The third kappa shape index (κ3) is 3.66. The smallest absolute Gasteiger partial charge is 0.205 e. The summed E-state index contributed by atoms with van der Waals surface area (Å²) in [5, 5.41) is 0.861. The van der Waals surface area contributed by atoms with Crippen LogP contribution in [0.3, 0.4) is 0 Å². The van der Waals surface area contributed by atoms with E-state index < -0.39 is 0 Å². The molecule has 0 fully saturated rings. The number of thiophene rings is 1. The minimum Gasteiger partial charge on any atom is -0.494 e. The van der Waals surface area contributed by atoms with Gasteiger partial charge in [0.25, 0.3) is 0 Å². The van der Waals surface area contributed by atoms with Gasteiger partial charge in [0.1, 0.15) is 15.5 Å². The molecule has 3 aromatic rings. The van der Waals surface area contributed by atoms with Crippen LogP contribution in [0.4, 0.5) is 5.69 Å². The molecule has 4 nitrogen and oxygen atoms in total. The molecule has 0 amide bonds. The van der Waals surface area contributed by atoms with E-state index in [2.05, 4.69) is 11.9 Å². The normalized spacial score (nSPS) is 11.0. The quantitative estimate of drug-likeness (QED) is 0.616. The largest absolute Gasteiger partial charge is 0.494 e. The molecule has 0 saturated carbocycles. The monoisotopic (exact) mass is 354 g/mol. The molecule has 0 aliphatic carbocycles. The Hall–Kier alpha value is -2.40. The highest BCUT2D eigenvalue weighted by Gasteiger charge is 2.19. The summed E-state index contributed by atoms with van der Waals surface area (Å²) in [6.45, 7) is 4.69. The van der Waals surface area contributed by atoms with E-state index in [0.717, 1.165) is 40.9 Å². The molecule has 25 heavy (non-hydrogen) atoms. The zero-order valence-corrected chi connectivity index (χ0v) is 15.4. The Morgan fingerprint density at radius 3 is 2.60 bits per heavy atom. The maximum atomic E-state index is 12.8. The van der Waals surface area contributed by atoms with E-state index in [9.17, 15) is 4.79 Å². The van der Waals surface area contributed by atoms with Crippen LogP contribution in [0.15, 0.2) is 36.4 Å². The minimum atomic E-state index is -0.0707. The fraction of sp³-hybridized carbons (Fsp3) is 0.300. The molecule has 2 aromatic heterocycles. The first-order chi connectivity index (χ1) is 12.1. The van der Waals surface area contributed by atoms with E-state index in [0.29, 0.717) is 22.7 Å². The first kappa shape index (κ1) is 17.4. The van der Waals surface area contributed by atoms with Crippen LogP contribution in [0, 0.1) is 0 Å². The molecule has 0 saturated heterocycles. The van der Waals surface area contributed by atoms with Gasteiger partial charge in [-0.1, -0.05) is 13.3 Å². The van der Waals surface area contributed by atoms with Crippen LogP contribution in [0.5, 0.6) is 5.75 Å². The third-order valence-corrected chi connectivity index (χ3v) is 5.19. The molecule has 0 aliphatic heterocycles. The molecule has 0 aliphatic rings. The van der Waals surface area contributed by atoms with Gasteiger partial charge >= 0.3 is 0 Å². The lowest BCUT2D eigenvalue weighted by Gasteiger charge is -2.04. The maximum absolute atomic E-state index is 12.8. The predicted molar refractivity (Wildman–Crippen MR) is 104 cm³/mol. The number of unbranched alkanes of at least 4 members (excludes halogenated alkanes) is 1. The number of pyridine rings is 1. The van der Waals surface area contributed by atoms with E-state index in [1.54, 1.807) is 24.3 Å². The van der Waals surface area contributed by atoms with Gasteiger partial charge in [0.05, 0.1) is 12.3 Å². The van der Waals surface area contributed by atoms with Gasteiger partial charge in [-0.15, -0.1) is 11.3 Å². The number of rotatable bonds is 7. The first-order valence-corrected chi connectivity index (χ1v) is 9.41. The minimum absolute atomic E-state index is 0.0707. The van der Waals surface area contributed by atoms with E-state index in [1.807, 2.05) is 19.1 Å². The SMILES string of the molecule is CCCCc1ccc2c(N)c(C(=O)c3ccc(OCC)cc3)sc2n1. The highest BCUT2D eigenvalue weighted by Crippen LogP contribution is 2.34. The predicted octanol–water partition coefficient (Wildman–Crippen LogP) is 4.85. The van der Waals surface area contributed by atoms with Crippen molar-refractivity contribution in [2.24, 2.45) is 0 Å². The third-order valence-electron chi connectivity index (χ3n) is 4.07. The lowest BCUT2D eigenvalue weighted by Crippen LogP contribution is -2.02. The average Bonchev–Trinajstić information content (AvgIpc) is 2.96. The van der Waals surface area contributed by atoms with Crippen molar-refractivity contribution in [2.45, 2.75) is 33.1 Å². The molecule has 130 valence electrons. The van der Waals surface area contributed by atoms with Crippen molar-refractivity contribution in [3.05, 3.63) is 52.5 Å². The van der Waals surface area contributed by atoms with Crippen LogP contribution in [-0.4, -0.2) is 17.4 Å². The van der Waals surface area contributed by atoms with Gasteiger partial charge in [-0.25, -0.2) is 4.98 Å². The Bertz CT molecular complexity index is 885. The Morgan fingerprint density at radius 2 is 1.92 bits per heavy atom. The highest BCUT2D eigenvalue weighted by molar-refractivity contribution is 7.21. The molecule has 0 bridgehead atoms. The van der Waals surface area contributed by atoms with E-state index in [4.69, 9.17) is 10.5 Å². The molecule has 3 rings (SSSR count). The Morgan fingerprint density at radius 1 is 1.16 bits per heavy atom. The van der Waals surface area contributed by atoms with Crippen LogP contribution in [0.2, 0.25) is 0 Å². The van der Waals surface area contributed by atoms with Crippen molar-refractivity contribution in [1.82, 2.24) is 4.98 Å². The van der Waals surface area contributed by atoms with Crippen molar-refractivity contribution >= 4 is 33.0 Å². The molecule has 0 spiro atoms. The van der Waals surface area contributed by atoms with Gasteiger partial charge < -0.3 is 10.5 Å².